The highest BCUT2D eigenvalue weighted by atomic mass is 14.8. The topological polar surface area (TPSA) is 12.4 Å². The summed E-state index contributed by atoms with van der Waals surface area (Å²) in [5.74, 6) is 0. The molecule has 0 spiro atoms. The molecule has 25 heavy (non-hydrogen) atoms. The number of benzene rings is 2. The van der Waals surface area contributed by atoms with Crippen molar-refractivity contribution >= 4 is 11.8 Å². The standard InChI is InChI=1S/C24H27N/c1-20-14-12-13-19-24(20)22(3)25-21(2)15-8-5-4-6-9-16-23-17-10-7-11-18-23/h4-5,7-19,21H,6H2,1-3H3/b5-4-,15-8-,16-9+,25-22?. The van der Waals surface area contributed by atoms with Gasteiger partial charge in [0.25, 0.3) is 0 Å². The van der Waals surface area contributed by atoms with Gasteiger partial charge >= 0.3 is 0 Å². The Kier molecular flexibility index (Phi) is 7.65. The molecule has 0 N–H and O–H groups in total. The van der Waals surface area contributed by atoms with Crippen LogP contribution in [-0.4, -0.2) is 11.8 Å². The van der Waals surface area contributed by atoms with Crippen molar-refractivity contribution in [3.05, 3.63) is 102 Å². The molecule has 0 saturated heterocycles. The van der Waals surface area contributed by atoms with Gasteiger partial charge < -0.3 is 0 Å². The minimum absolute atomic E-state index is 0.170. The molecule has 0 aliphatic rings. The molecule has 2 aromatic rings. The van der Waals surface area contributed by atoms with Gasteiger partial charge in [0, 0.05) is 5.71 Å². The van der Waals surface area contributed by atoms with Crippen molar-refractivity contribution in [1.82, 2.24) is 0 Å². The van der Waals surface area contributed by atoms with Crippen molar-refractivity contribution in [1.29, 1.82) is 0 Å². The lowest BCUT2D eigenvalue weighted by Gasteiger charge is -2.07. The van der Waals surface area contributed by atoms with Crippen LogP contribution < -0.4 is 0 Å². The van der Waals surface area contributed by atoms with Gasteiger partial charge in [-0.25, -0.2) is 0 Å². The Morgan fingerprint density at radius 1 is 0.960 bits per heavy atom. The van der Waals surface area contributed by atoms with E-state index in [1.165, 1.54) is 16.7 Å². The van der Waals surface area contributed by atoms with E-state index in [1.54, 1.807) is 0 Å². The van der Waals surface area contributed by atoms with Crippen LogP contribution in [0.2, 0.25) is 0 Å². The van der Waals surface area contributed by atoms with E-state index in [1.807, 2.05) is 6.07 Å². The predicted molar refractivity (Wildman–Crippen MR) is 111 cm³/mol. The summed E-state index contributed by atoms with van der Waals surface area (Å²) in [6, 6.07) is 18.9. The fraction of sp³-hybridized carbons (Fsp3) is 0.208. The first-order valence-electron chi connectivity index (χ1n) is 8.82. The monoisotopic (exact) mass is 329 g/mol. The van der Waals surface area contributed by atoms with E-state index in [0.29, 0.717) is 0 Å². The predicted octanol–water partition coefficient (Wildman–Crippen LogP) is 6.41. The first kappa shape index (κ1) is 18.7. The highest BCUT2D eigenvalue weighted by Gasteiger charge is 2.01. The van der Waals surface area contributed by atoms with Crippen LogP contribution in [0.25, 0.3) is 6.08 Å². The van der Waals surface area contributed by atoms with Crippen molar-refractivity contribution in [2.45, 2.75) is 33.2 Å². The molecule has 1 nitrogen and oxygen atoms in total. The number of hydrogen-bond acceptors (Lipinski definition) is 1. The maximum absolute atomic E-state index is 4.76. The van der Waals surface area contributed by atoms with Crippen LogP contribution in [0.4, 0.5) is 0 Å². The SMILES string of the molecule is CC(=NC(C)/C=C\C=C/C/C=C/c1ccccc1)c1ccccc1C. The van der Waals surface area contributed by atoms with Crippen LogP contribution in [-0.2, 0) is 0 Å². The van der Waals surface area contributed by atoms with E-state index >= 15 is 0 Å². The molecule has 0 heterocycles. The van der Waals surface area contributed by atoms with Gasteiger partial charge in [-0.1, -0.05) is 91.1 Å². The van der Waals surface area contributed by atoms with Crippen LogP contribution in [0.3, 0.4) is 0 Å². The molecule has 2 rings (SSSR count). The summed E-state index contributed by atoms with van der Waals surface area (Å²) in [6.45, 7) is 6.32. The average Bonchev–Trinajstić information content (AvgIpc) is 2.62. The van der Waals surface area contributed by atoms with Crippen molar-refractivity contribution < 1.29 is 0 Å². The van der Waals surface area contributed by atoms with Crippen LogP contribution >= 0.6 is 0 Å². The summed E-state index contributed by atoms with van der Waals surface area (Å²) in [5.41, 5.74) is 4.82. The number of allylic oxidation sites excluding steroid dienone is 4. The zero-order valence-electron chi connectivity index (χ0n) is 15.4. The van der Waals surface area contributed by atoms with Gasteiger partial charge in [-0.15, -0.1) is 0 Å². The third-order valence-electron chi connectivity index (χ3n) is 3.95. The van der Waals surface area contributed by atoms with Gasteiger partial charge in [-0.3, -0.25) is 4.99 Å². The Bertz CT molecular complexity index is 764. The average molecular weight is 329 g/mol. The molecule has 1 atom stereocenters. The minimum Gasteiger partial charge on any atom is -0.282 e. The molecule has 1 heteroatoms. The Labute approximate surface area is 152 Å². The van der Waals surface area contributed by atoms with E-state index < -0.39 is 0 Å². The van der Waals surface area contributed by atoms with Crippen molar-refractivity contribution in [2.24, 2.45) is 4.99 Å². The van der Waals surface area contributed by atoms with Crippen LogP contribution in [0.1, 0.15) is 37.0 Å². The number of aryl methyl sites for hydroxylation is 1. The lowest BCUT2D eigenvalue weighted by Crippen LogP contribution is -2.03. The Morgan fingerprint density at radius 2 is 1.68 bits per heavy atom. The first-order valence-corrected chi connectivity index (χ1v) is 8.82. The first-order chi connectivity index (χ1) is 12.2. The van der Waals surface area contributed by atoms with Gasteiger partial charge in [-0.05, 0) is 43.9 Å². The van der Waals surface area contributed by atoms with Gasteiger partial charge in [-0.2, -0.15) is 0 Å². The quantitative estimate of drug-likeness (QED) is 0.411. The van der Waals surface area contributed by atoms with Gasteiger partial charge in [0.1, 0.15) is 0 Å². The van der Waals surface area contributed by atoms with Gasteiger partial charge in [0.2, 0.25) is 0 Å². The van der Waals surface area contributed by atoms with E-state index in [-0.39, 0.29) is 6.04 Å². The molecule has 0 aromatic heterocycles. The van der Waals surface area contributed by atoms with E-state index in [4.69, 9.17) is 4.99 Å². The summed E-state index contributed by atoms with van der Waals surface area (Å²) >= 11 is 0. The number of rotatable bonds is 7. The third kappa shape index (κ3) is 6.76. The fourth-order valence-corrected chi connectivity index (χ4v) is 2.63. The molecule has 0 saturated carbocycles. The smallest absolute Gasteiger partial charge is 0.0658 e. The van der Waals surface area contributed by atoms with Gasteiger partial charge in [0.15, 0.2) is 0 Å². The Hall–Kier alpha value is -2.67. The summed E-state index contributed by atoms with van der Waals surface area (Å²) in [7, 11) is 0. The molecule has 0 amide bonds. The molecule has 128 valence electrons. The molecular weight excluding hydrogens is 302 g/mol. The van der Waals surface area contributed by atoms with E-state index in [9.17, 15) is 0 Å². The Morgan fingerprint density at radius 3 is 2.44 bits per heavy atom. The summed E-state index contributed by atoms with van der Waals surface area (Å²) < 4.78 is 0. The van der Waals surface area contributed by atoms with Crippen molar-refractivity contribution in [3.8, 4) is 0 Å². The zero-order chi connectivity index (χ0) is 17.9. The maximum atomic E-state index is 4.76. The molecule has 0 radical (unpaired) electrons. The lowest BCUT2D eigenvalue weighted by molar-refractivity contribution is 0.924. The second kappa shape index (κ2) is 10.2. The van der Waals surface area contributed by atoms with Crippen LogP contribution in [0.15, 0.2) is 90.0 Å². The molecular formula is C24H27N. The molecule has 2 aromatic carbocycles. The highest BCUT2D eigenvalue weighted by Crippen LogP contribution is 2.10. The highest BCUT2D eigenvalue weighted by molar-refractivity contribution is 6.00. The number of aliphatic imine (C=N–C) groups is 1. The molecule has 0 fully saturated rings. The summed E-state index contributed by atoms with van der Waals surface area (Å²) in [5, 5.41) is 0. The van der Waals surface area contributed by atoms with Crippen molar-refractivity contribution in [2.75, 3.05) is 0 Å². The minimum atomic E-state index is 0.170. The zero-order valence-corrected chi connectivity index (χ0v) is 15.4. The molecule has 0 aliphatic heterocycles. The van der Waals surface area contributed by atoms with E-state index in [0.717, 1.165) is 12.1 Å². The fourth-order valence-electron chi connectivity index (χ4n) is 2.63. The summed E-state index contributed by atoms with van der Waals surface area (Å²) in [4.78, 5) is 4.76. The Balaban J connectivity index is 1.82. The molecule has 0 bridgehead atoms. The third-order valence-corrected chi connectivity index (χ3v) is 3.95. The second-order valence-corrected chi connectivity index (χ2v) is 6.13. The molecule has 1 unspecified atom stereocenters. The largest absolute Gasteiger partial charge is 0.282 e. The summed E-state index contributed by atoms with van der Waals surface area (Å²) in [6.07, 6.45) is 13.7. The number of nitrogens with zero attached hydrogens (tertiary/aromatic N) is 1. The maximum Gasteiger partial charge on any atom is 0.0658 e. The van der Waals surface area contributed by atoms with E-state index in [2.05, 4.69) is 106 Å². The normalized spacial score (nSPS) is 14.0. The van der Waals surface area contributed by atoms with Crippen molar-refractivity contribution in [3.63, 3.8) is 0 Å². The lowest BCUT2D eigenvalue weighted by atomic mass is 10.1. The van der Waals surface area contributed by atoms with Gasteiger partial charge in [0.05, 0.1) is 6.04 Å². The molecule has 0 aliphatic carbocycles. The van der Waals surface area contributed by atoms with Crippen LogP contribution in [0, 0.1) is 6.92 Å². The second-order valence-electron chi connectivity index (χ2n) is 6.13. The van der Waals surface area contributed by atoms with Crippen LogP contribution in [0.5, 0.6) is 0 Å². The number of hydrogen-bond donors (Lipinski definition) is 0.